The number of hydrogen-bond donors (Lipinski definition) is 1. The summed E-state index contributed by atoms with van der Waals surface area (Å²) in [6, 6.07) is 8.99. The van der Waals surface area contributed by atoms with Crippen molar-refractivity contribution in [3.8, 4) is 0 Å². The van der Waals surface area contributed by atoms with Gasteiger partial charge in [-0.25, -0.2) is 4.79 Å². The first-order valence-corrected chi connectivity index (χ1v) is 8.10. The van der Waals surface area contributed by atoms with Crippen LogP contribution in [-0.2, 0) is 20.7 Å². The molecule has 6 nitrogen and oxygen atoms in total. The van der Waals surface area contributed by atoms with Crippen LogP contribution in [0.4, 0.5) is 4.79 Å². The number of hydrogen-bond acceptors (Lipinski definition) is 4. The van der Waals surface area contributed by atoms with Gasteiger partial charge in [0, 0.05) is 19.5 Å². The van der Waals surface area contributed by atoms with Gasteiger partial charge in [-0.15, -0.1) is 0 Å². The topological polar surface area (TPSA) is 75.7 Å². The number of carbonyl (C=O) groups excluding carboxylic acids is 3. The summed E-state index contributed by atoms with van der Waals surface area (Å²) in [5, 5.41) is 2.74. The maximum atomic E-state index is 12.2. The van der Waals surface area contributed by atoms with E-state index in [-0.39, 0.29) is 12.5 Å². The lowest BCUT2D eigenvalue weighted by molar-refractivity contribution is -0.143. The molecule has 2 amide bonds. The van der Waals surface area contributed by atoms with Crippen LogP contribution in [0.3, 0.4) is 0 Å². The average molecular weight is 332 g/mol. The van der Waals surface area contributed by atoms with Gasteiger partial charge in [-0.05, 0) is 32.8 Å². The summed E-state index contributed by atoms with van der Waals surface area (Å²) < 4.78 is 5.20. The smallest absolute Gasteiger partial charge is 0.407 e. The SMILES string of the molecule is CC(C)(C)OC(=O)NC1CCN(C(=O)C(=O)Cc2ccccc2)C1. The van der Waals surface area contributed by atoms with Crippen LogP contribution < -0.4 is 5.32 Å². The van der Waals surface area contributed by atoms with Crippen molar-refractivity contribution in [1.29, 1.82) is 0 Å². The summed E-state index contributed by atoms with van der Waals surface area (Å²) in [5.74, 6) is -0.925. The lowest BCUT2D eigenvalue weighted by atomic mass is 10.1. The van der Waals surface area contributed by atoms with E-state index >= 15 is 0 Å². The fourth-order valence-electron chi connectivity index (χ4n) is 2.57. The Hall–Kier alpha value is -2.37. The molecule has 1 aromatic carbocycles. The van der Waals surface area contributed by atoms with E-state index in [1.807, 2.05) is 30.3 Å². The van der Waals surface area contributed by atoms with E-state index in [2.05, 4.69) is 5.32 Å². The third-order valence-electron chi connectivity index (χ3n) is 3.64. The first-order chi connectivity index (χ1) is 11.2. The largest absolute Gasteiger partial charge is 0.444 e. The Morgan fingerprint density at radius 1 is 1.21 bits per heavy atom. The quantitative estimate of drug-likeness (QED) is 0.855. The molecule has 0 spiro atoms. The lowest BCUT2D eigenvalue weighted by Gasteiger charge is -2.22. The fraction of sp³-hybridized carbons (Fsp3) is 0.500. The zero-order valence-electron chi connectivity index (χ0n) is 14.4. The number of benzene rings is 1. The highest BCUT2D eigenvalue weighted by Crippen LogP contribution is 2.13. The molecule has 1 unspecified atom stereocenters. The molecule has 1 saturated heterocycles. The van der Waals surface area contributed by atoms with Gasteiger partial charge in [0.15, 0.2) is 0 Å². The second-order valence-corrected chi connectivity index (χ2v) is 6.97. The first kappa shape index (κ1) is 18.0. The zero-order chi connectivity index (χ0) is 17.7. The Morgan fingerprint density at radius 2 is 1.88 bits per heavy atom. The number of likely N-dealkylation sites (tertiary alicyclic amines) is 1. The molecule has 130 valence electrons. The molecule has 1 atom stereocenters. The van der Waals surface area contributed by atoms with Crippen molar-refractivity contribution in [2.24, 2.45) is 0 Å². The predicted molar refractivity (Wildman–Crippen MR) is 89.5 cm³/mol. The van der Waals surface area contributed by atoms with Crippen molar-refractivity contribution in [2.45, 2.75) is 45.3 Å². The van der Waals surface area contributed by atoms with Crippen molar-refractivity contribution in [1.82, 2.24) is 10.2 Å². The molecular weight excluding hydrogens is 308 g/mol. The number of ketones is 1. The van der Waals surface area contributed by atoms with Crippen molar-refractivity contribution >= 4 is 17.8 Å². The van der Waals surface area contributed by atoms with Crippen LogP contribution in [0.15, 0.2) is 30.3 Å². The minimum absolute atomic E-state index is 0.0976. The summed E-state index contributed by atoms with van der Waals surface area (Å²) >= 11 is 0. The van der Waals surface area contributed by atoms with Crippen LogP contribution in [0.25, 0.3) is 0 Å². The molecule has 6 heteroatoms. The standard InChI is InChI=1S/C18H24N2O4/c1-18(2,3)24-17(23)19-14-9-10-20(12-14)16(22)15(21)11-13-7-5-4-6-8-13/h4-8,14H,9-12H2,1-3H3,(H,19,23). The number of nitrogens with zero attached hydrogens (tertiary/aromatic N) is 1. The summed E-state index contributed by atoms with van der Waals surface area (Å²) in [4.78, 5) is 37.6. The highest BCUT2D eigenvalue weighted by atomic mass is 16.6. The molecule has 1 aliphatic rings. The molecule has 1 N–H and O–H groups in total. The summed E-state index contributed by atoms with van der Waals surface area (Å²) in [7, 11) is 0. The molecule has 1 aromatic rings. The molecular formula is C18H24N2O4. The van der Waals surface area contributed by atoms with E-state index in [4.69, 9.17) is 4.74 Å². The predicted octanol–water partition coefficient (Wildman–Crippen LogP) is 1.92. The Kier molecular flexibility index (Phi) is 5.59. The number of alkyl carbamates (subject to hydrolysis) is 1. The third-order valence-corrected chi connectivity index (χ3v) is 3.64. The van der Waals surface area contributed by atoms with Crippen molar-refractivity contribution in [3.63, 3.8) is 0 Å². The molecule has 0 saturated carbocycles. The number of nitrogens with one attached hydrogen (secondary N) is 1. The number of amides is 2. The van der Waals surface area contributed by atoms with Gasteiger partial charge in [0.05, 0.1) is 6.04 Å². The van der Waals surface area contributed by atoms with Crippen LogP contribution >= 0.6 is 0 Å². The lowest BCUT2D eigenvalue weighted by Crippen LogP contribution is -2.42. The number of rotatable bonds is 4. The van der Waals surface area contributed by atoms with Gasteiger partial charge in [-0.1, -0.05) is 30.3 Å². The fourth-order valence-corrected chi connectivity index (χ4v) is 2.57. The second-order valence-electron chi connectivity index (χ2n) is 6.97. The summed E-state index contributed by atoms with van der Waals surface area (Å²) in [6.07, 6.45) is 0.210. The highest BCUT2D eigenvalue weighted by molar-refractivity contribution is 6.36. The molecule has 24 heavy (non-hydrogen) atoms. The van der Waals surface area contributed by atoms with Gasteiger partial charge in [-0.2, -0.15) is 0 Å². The van der Waals surface area contributed by atoms with Gasteiger partial charge in [0.25, 0.3) is 5.91 Å². The van der Waals surface area contributed by atoms with E-state index in [1.54, 1.807) is 20.8 Å². The highest BCUT2D eigenvalue weighted by Gasteiger charge is 2.31. The maximum Gasteiger partial charge on any atom is 0.407 e. The monoisotopic (exact) mass is 332 g/mol. The Morgan fingerprint density at radius 3 is 2.50 bits per heavy atom. The molecule has 1 aliphatic heterocycles. The maximum absolute atomic E-state index is 12.2. The van der Waals surface area contributed by atoms with Crippen LogP contribution in [-0.4, -0.2) is 47.4 Å². The Balaban J connectivity index is 1.83. The Labute approximate surface area is 142 Å². The van der Waals surface area contributed by atoms with Gasteiger partial charge in [0.2, 0.25) is 5.78 Å². The summed E-state index contributed by atoms with van der Waals surface area (Å²) in [5.41, 5.74) is 0.252. The van der Waals surface area contributed by atoms with Crippen LogP contribution in [0.1, 0.15) is 32.8 Å². The number of carbonyl (C=O) groups is 3. The van der Waals surface area contributed by atoms with E-state index in [0.717, 1.165) is 5.56 Å². The van der Waals surface area contributed by atoms with Crippen LogP contribution in [0.5, 0.6) is 0 Å². The van der Waals surface area contributed by atoms with Crippen LogP contribution in [0, 0.1) is 0 Å². The van der Waals surface area contributed by atoms with Crippen molar-refractivity contribution in [2.75, 3.05) is 13.1 Å². The molecule has 0 aromatic heterocycles. The van der Waals surface area contributed by atoms with E-state index in [1.165, 1.54) is 4.90 Å². The van der Waals surface area contributed by atoms with E-state index < -0.39 is 23.4 Å². The van der Waals surface area contributed by atoms with Crippen molar-refractivity contribution in [3.05, 3.63) is 35.9 Å². The number of ether oxygens (including phenoxy) is 1. The minimum atomic E-state index is -0.566. The molecule has 1 heterocycles. The van der Waals surface area contributed by atoms with E-state index in [9.17, 15) is 14.4 Å². The van der Waals surface area contributed by atoms with Gasteiger partial charge >= 0.3 is 6.09 Å². The molecule has 0 aliphatic carbocycles. The second kappa shape index (κ2) is 7.47. The molecule has 2 rings (SSSR count). The molecule has 0 bridgehead atoms. The Bertz CT molecular complexity index is 607. The van der Waals surface area contributed by atoms with Gasteiger partial charge in [0.1, 0.15) is 5.60 Å². The minimum Gasteiger partial charge on any atom is -0.444 e. The first-order valence-electron chi connectivity index (χ1n) is 8.10. The van der Waals surface area contributed by atoms with E-state index in [0.29, 0.717) is 19.5 Å². The average Bonchev–Trinajstić information content (AvgIpc) is 2.93. The normalized spacial score (nSPS) is 17.5. The number of Topliss-reactive ketones (excluding diaryl/α,β-unsaturated/α-hetero) is 1. The molecule has 0 radical (unpaired) electrons. The molecule has 1 fully saturated rings. The van der Waals surface area contributed by atoms with Gasteiger partial charge < -0.3 is 15.0 Å². The summed E-state index contributed by atoms with van der Waals surface area (Å²) in [6.45, 7) is 6.16. The van der Waals surface area contributed by atoms with Gasteiger partial charge in [-0.3, -0.25) is 9.59 Å². The third kappa shape index (κ3) is 5.37. The van der Waals surface area contributed by atoms with Crippen LogP contribution in [0.2, 0.25) is 0 Å². The van der Waals surface area contributed by atoms with Crippen molar-refractivity contribution < 1.29 is 19.1 Å². The zero-order valence-corrected chi connectivity index (χ0v) is 14.4.